The van der Waals surface area contributed by atoms with Crippen molar-refractivity contribution in [3.63, 3.8) is 0 Å². The lowest BCUT2D eigenvalue weighted by Gasteiger charge is -2.27. The number of imidazole rings is 1. The average Bonchev–Trinajstić information content (AvgIpc) is 3.27. The Labute approximate surface area is 138 Å². The molecule has 0 fully saturated rings. The van der Waals surface area contributed by atoms with E-state index in [4.69, 9.17) is 0 Å². The van der Waals surface area contributed by atoms with Crippen LogP contribution in [0.5, 0.6) is 0 Å². The van der Waals surface area contributed by atoms with Gasteiger partial charge in [0, 0.05) is 36.6 Å². The van der Waals surface area contributed by atoms with Gasteiger partial charge in [-0.2, -0.15) is 5.10 Å². The molecule has 0 atom stereocenters. The van der Waals surface area contributed by atoms with Crippen LogP contribution < -0.4 is 0 Å². The van der Waals surface area contributed by atoms with Crippen molar-refractivity contribution in [2.75, 3.05) is 6.54 Å². The second-order valence-corrected chi connectivity index (χ2v) is 6.65. The van der Waals surface area contributed by atoms with Crippen molar-refractivity contribution in [1.82, 2.24) is 24.2 Å². The van der Waals surface area contributed by atoms with Crippen molar-refractivity contribution in [3.8, 4) is 0 Å². The molecule has 0 saturated heterocycles. The molecule has 3 aromatic heterocycles. The monoisotopic (exact) mass is 327 g/mol. The number of rotatable bonds is 4. The van der Waals surface area contributed by atoms with Gasteiger partial charge in [0.1, 0.15) is 5.82 Å². The van der Waals surface area contributed by atoms with E-state index in [0.717, 1.165) is 29.5 Å². The van der Waals surface area contributed by atoms with Gasteiger partial charge in [0.2, 0.25) is 5.91 Å². The Hall–Kier alpha value is -2.41. The molecule has 23 heavy (non-hydrogen) atoms. The topological polar surface area (TPSA) is 56.0 Å². The van der Waals surface area contributed by atoms with Gasteiger partial charge in [-0.1, -0.05) is 6.07 Å². The van der Waals surface area contributed by atoms with Gasteiger partial charge in [0.05, 0.1) is 25.2 Å². The Kier molecular flexibility index (Phi) is 3.70. The van der Waals surface area contributed by atoms with Crippen LogP contribution in [-0.4, -0.2) is 36.7 Å². The summed E-state index contributed by atoms with van der Waals surface area (Å²) in [6.07, 6.45) is 6.24. The zero-order valence-electron chi connectivity index (χ0n) is 12.6. The van der Waals surface area contributed by atoms with Gasteiger partial charge in [-0.05, 0) is 17.5 Å². The minimum atomic E-state index is 0.176. The lowest BCUT2D eigenvalue weighted by atomic mass is 10.2. The molecule has 0 unspecified atom stereocenters. The number of fused-ring (bicyclic) bond motifs is 1. The molecule has 3 aromatic rings. The lowest BCUT2D eigenvalue weighted by molar-refractivity contribution is -0.131. The lowest BCUT2D eigenvalue weighted by Crippen LogP contribution is -2.39. The fourth-order valence-corrected chi connectivity index (χ4v) is 3.53. The largest absolute Gasteiger partial charge is 0.333 e. The van der Waals surface area contributed by atoms with E-state index in [1.165, 1.54) is 0 Å². The molecule has 0 spiro atoms. The summed E-state index contributed by atoms with van der Waals surface area (Å²) in [7, 11) is 0. The molecule has 4 heterocycles. The molecular formula is C16H17N5OS. The molecule has 118 valence electrons. The highest BCUT2D eigenvalue weighted by Crippen LogP contribution is 2.16. The molecule has 0 aromatic carbocycles. The number of hydrogen-bond acceptors (Lipinski definition) is 4. The first-order valence-electron chi connectivity index (χ1n) is 7.60. The maximum atomic E-state index is 12.4. The van der Waals surface area contributed by atoms with Gasteiger partial charge in [0.15, 0.2) is 0 Å². The van der Waals surface area contributed by atoms with Crippen LogP contribution in [0.1, 0.15) is 16.4 Å². The summed E-state index contributed by atoms with van der Waals surface area (Å²) in [5.41, 5.74) is 0.983. The molecule has 4 rings (SSSR count). The van der Waals surface area contributed by atoms with E-state index in [1.54, 1.807) is 17.5 Å². The zero-order valence-corrected chi connectivity index (χ0v) is 13.4. The van der Waals surface area contributed by atoms with Crippen molar-refractivity contribution >= 4 is 17.2 Å². The minimum Gasteiger partial charge on any atom is -0.333 e. The van der Waals surface area contributed by atoms with Crippen LogP contribution >= 0.6 is 11.3 Å². The van der Waals surface area contributed by atoms with Crippen molar-refractivity contribution in [3.05, 3.63) is 58.6 Å². The summed E-state index contributed by atoms with van der Waals surface area (Å²) in [6, 6.07) is 5.90. The van der Waals surface area contributed by atoms with Crippen LogP contribution in [0, 0.1) is 0 Å². The van der Waals surface area contributed by atoms with Gasteiger partial charge in [0.25, 0.3) is 0 Å². The van der Waals surface area contributed by atoms with Gasteiger partial charge in [-0.3, -0.25) is 9.48 Å². The van der Waals surface area contributed by atoms with Gasteiger partial charge >= 0.3 is 0 Å². The molecule has 1 amide bonds. The van der Waals surface area contributed by atoms with Crippen molar-refractivity contribution in [2.24, 2.45) is 0 Å². The normalized spacial score (nSPS) is 14.0. The summed E-state index contributed by atoms with van der Waals surface area (Å²) >= 11 is 1.63. The third-order valence-corrected chi connectivity index (χ3v) is 4.87. The summed E-state index contributed by atoms with van der Waals surface area (Å²) in [6.45, 7) is 2.80. The third kappa shape index (κ3) is 3.05. The number of carbonyl (C=O) groups excluding carboxylic acids is 1. The highest BCUT2D eigenvalue weighted by Gasteiger charge is 2.22. The smallest absolute Gasteiger partial charge is 0.228 e. The SMILES string of the molecule is O=C(Cc1cccs1)N1CCn2cc(Cn3cccn3)nc2C1. The maximum absolute atomic E-state index is 12.4. The molecule has 0 aliphatic carbocycles. The molecule has 1 aliphatic heterocycles. The number of thiophene rings is 1. The van der Waals surface area contributed by atoms with E-state index < -0.39 is 0 Å². The van der Waals surface area contributed by atoms with Crippen molar-refractivity contribution in [2.45, 2.75) is 26.1 Å². The van der Waals surface area contributed by atoms with E-state index in [0.29, 0.717) is 19.5 Å². The first-order chi connectivity index (χ1) is 11.3. The van der Waals surface area contributed by atoms with Crippen LogP contribution in [0.15, 0.2) is 42.2 Å². The summed E-state index contributed by atoms with van der Waals surface area (Å²) in [5, 5.41) is 6.21. The Morgan fingerprint density at radius 2 is 2.26 bits per heavy atom. The van der Waals surface area contributed by atoms with Crippen LogP contribution in [0.2, 0.25) is 0 Å². The summed E-state index contributed by atoms with van der Waals surface area (Å²) in [4.78, 5) is 20.1. The third-order valence-electron chi connectivity index (χ3n) is 3.99. The second kappa shape index (κ2) is 6.00. The Balaban J connectivity index is 1.44. The predicted octanol–water partition coefficient (Wildman–Crippen LogP) is 1.77. The molecule has 0 bridgehead atoms. The first-order valence-corrected chi connectivity index (χ1v) is 8.48. The van der Waals surface area contributed by atoms with Crippen LogP contribution in [-0.2, 0) is 30.8 Å². The van der Waals surface area contributed by atoms with Gasteiger partial charge in [-0.25, -0.2) is 4.98 Å². The summed E-state index contributed by atoms with van der Waals surface area (Å²) in [5.74, 6) is 1.13. The van der Waals surface area contributed by atoms with E-state index in [-0.39, 0.29) is 5.91 Å². The molecule has 7 heteroatoms. The molecule has 1 aliphatic rings. The molecule has 0 radical (unpaired) electrons. The van der Waals surface area contributed by atoms with Crippen LogP contribution in [0.4, 0.5) is 0 Å². The van der Waals surface area contributed by atoms with E-state index >= 15 is 0 Å². The van der Waals surface area contributed by atoms with Gasteiger partial charge < -0.3 is 9.47 Å². The van der Waals surface area contributed by atoms with Crippen molar-refractivity contribution in [1.29, 1.82) is 0 Å². The van der Waals surface area contributed by atoms with E-state index in [1.807, 2.05) is 39.4 Å². The second-order valence-electron chi connectivity index (χ2n) is 5.62. The highest BCUT2D eigenvalue weighted by molar-refractivity contribution is 7.10. The van der Waals surface area contributed by atoms with E-state index in [9.17, 15) is 4.79 Å². The number of carbonyl (C=O) groups is 1. The first kappa shape index (κ1) is 14.2. The Morgan fingerprint density at radius 1 is 1.30 bits per heavy atom. The highest BCUT2D eigenvalue weighted by atomic mass is 32.1. The fourth-order valence-electron chi connectivity index (χ4n) is 2.83. The maximum Gasteiger partial charge on any atom is 0.228 e. The quantitative estimate of drug-likeness (QED) is 0.734. The average molecular weight is 327 g/mol. The minimum absolute atomic E-state index is 0.176. The number of aromatic nitrogens is 4. The van der Waals surface area contributed by atoms with Crippen molar-refractivity contribution < 1.29 is 4.79 Å². The van der Waals surface area contributed by atoms with Gasteiger partial charge in [-0.15, -0.1) is 11.3 Å². The number of nitrogens with zero attached hydrogens (tertiary/aromatic N) is 5. The summed E-state index contributed by atoms with van der Waals surface area (Å²) < 4.78 is 4.00. The molecular weight excluding hydrogens is 310 g/mol. The standard InChI is InChI=1S/C16H17N5OS/c22-16(9-14-3-1-8-23-14)20-7-6-19-10-13(18-15(19)12-20)11-21-5-2-4-17-21/h1-5,8,10H,6-7,9,11-12H2. The zero-order chi connectivity index (χ0) is 15.6. The number of amides is 1. The fraction of sp³-hybridized carbons (Fsp3) is 0.312. The van der Waals surface area contributed by atoms with Crippen LogP contribution in [0.3, 0.4) is 0 Å². The Bertz CT molecular complexity index is 791. The van der Waals surface area contributed by atoms with E-state index in [2.05, 4.69) is 20.8 Å². The molecule has 0 N–H and O–H groups in total. The predicted molar refractivity (Wildman–Crippen MR) is 87.0 cm³/mol. The Morgan fingerprint density at radius 3 is 3.04 bits per heavy atom. The number of hydrogen-bond donors (Lipinski definition) is 0. The molecule has 6 nitrogen and oxygen atoms in total. The molecule has 0 saturated carbocycles. The van der Waals surface area contributed by atoms with Crippen LogP contribution in [0.25, 0.3) is 0 Å².